The van der Waals surface area contributed by atoms with Gasteiger partial charge in [0.25, 0.3) is 0 Å². The number of piperidine rings is 1. The van der Waals surface area contributed by atoms with Crippen LogP contribution in [0.1, 0.15) is 18.4 Å². The second-order valence-corrected chi connectivity index (χ2v) is 4.32. The molecule has 17 heavy (non-hydrogen) atoms. The van der Waals surface area contributed by atoms with Gasteiger partial charge in [0.15, 0.2) is 0 Å². The molecule has 92 valence electrons. The number of hydrogen-bond acceptors (Lipinski definition) is 4. The van der Waals surface area contributed by atoms with Gasteiger partial charge in [0.1, 0.15) is 6.29 Å². The summed E-state index contributed by atoms with van der Waals surface area (Å²) >= 11 is 0. The van der Waals surface area contributed by atoms with E-state index in [1.54, 1.807) is 0 Å². The zero-order valence-corrected chi connectivity index (χ0v) is 9.76. The number of nitrogens with one attached hydrogen (secondary N) is 2. The molecular weight excluding hydrogens is 216 g/mol. The lowest BCUT2D eigenvalue weighted by Gasteiger charge is -2.27. The van der Waals surface area contributed by atoms with Crippen LogP contribution in [-0.2, 0) is 16.2 Å². The molecule has 2 N–H and O–H groups in total. The maximum absolute atomic E-state index is 10.6. The number of benzene rings is 1. The van der Waals surface area contributed by atoms with Gasteiger partial charge in [-0.1, -0.05) is 30.3 Å². The van der Waals surface area contributed by atoms with Crippen LogP contribution in [0.2, 0.25) is 0 Å². The predicted molar refractivity (Wildman–Crippen MR) is 65.2 cm³/mol. The van der Waals surface area contributed by atoms with Gasteiger partial charge in [-0.25, -0.2) is 0 Å². The summed E-state index contributed by atoms with van der Waals surface area (Å²) in [5.41, 5.74) is 4.18. The topological polar surface area (TPSA) is 50.4 Å². The van der Waals surface area contributed by atoms with E-state index in [9.17, 15) is 4.79 Å². The summed E-state index contributed by atoms with van der Waals surface area (Å²) in [6, 6.07) is 10.3. The van der Waals surface area contributed by atoms with Crippen molar-refractivity contribution >= 4 is 6.29 Å². The molecule has 0 radical (unpaired) electrons. The van der Waals surface area contributed by atoms with Crippen molar-refractivity contribution in [1.29, 1.82) is 0 Å². The van der Waals surface area contributed by atoms with Gasteiger partial charge in [0, 0.05) is 12.6 Å². The molecule has 0 aromatic heterocycles. The Labute approximate surface area is 101 Å². The predicted octanol–water partition coefficient (Wildman–Crippen LogP) is 1.03. The van der Waals surface area contributed by atoms with Crippen LogP contribution in [0.5, 0.6) is 0 Å². The average molecular weight is 234 g/mol. The summed E-state index contributed by atoms with van der Waals surface area (Å²) in [6.45, 7) is 1.34. The van der Waals surface area contributed by atoms with E-state index in [-0.39, 0.29) is 12.1 Å². The molecule has 0 saturated carbocycles. The minimum atomic E-state index is 0.0159. The van der Waals surface area contributed by atoms with E-state index < -0.39 is 0 Å². The molecule has 1 heterocycles. The molecule has 0 unspecified atom stereocenters. The molecule has 0 spiro atoms. The maximum Gasteiger partial charge on any atom is 0.136 e. The minimum absolute atomic E-state index is 0.0159. The summed E-state index contributed by atoms with van der Waals surface area (Å²) in [4.78, 5) is 16.0. The molecule has 4 heteroatoms. The van der Waals surface area contributed by atoms with Crippen molar-refractivity contribution in [3.05, 3.63) is 35.9 Å². The summed E-state index contributed by atoms with van der Waals surface area (Å²) < 4.78 is 0. The van der Waals surface area contributed by atoms with Crippen molar-refractivity contribution in [3.8, 4) is 0 Å². The summed E-state index contributed by atoms with van der Waals surface area (Å²) in [5, 5.41) is 3.16. The molecule has 1 saturated heterocycles. The Morgan fingerprint density at radius 2 is 2.18 bits per heavy atom. The largest absolute Gasteiger partial charge is 0.306 e. The molecule has 1 aliphatic heterocycles. The van der Waals surface area contributed by atoms with Gasteiger partial charge < -0.3 is 10.1 Å². The average Bonchev–Trinajstić information content (AvgIpc) is 2.41. The van der Waals surface area contributed by atoms with E-state index >= 15 is 0 Å². The van der Waals surface area contributed by atoms with E-state index in [2.05, 4.69) is 10.8 Å². The van der Waals surface area contributed by atoms with Gasteiger partial charge in [0.05, 0.1) is 12.6 Å². The van der Waals surface area contributed by atoms with Gasteiger partial charge in [-0.2, -0.15) is 5.48 Å². The molecule has 0 amide bonds. The van der Waals surface area contributed by atoms with Crippen LogP contribution < -0.4 is 10.8 Å². The first kappa shape index (κ1) is 12.2. The fraction of sp³-hybridized carbons (Fsp3) is 0.462. The molecule has 2 atom stereocenters. The van der Waals surface area contributed by atoms with Crippen LogP contribution in [0.25, 0.3) is 0 Å². The van der Waals surface area contributed by atoms with Crippen molar-refractivity contribution in [3.63, 3.8) is 0 Å². The van der Waals surface area contributed by atoms with Crippen LogP contribution in [0.4, 0.5) is 0 Å². The molecule has 4 nitrogen and oxygen atoms in total. The van der Waals surface area contributed by atoms with Gasteiger partial charge in [0.2, 0.25) is 0 Å². The molecule has 1 fully saturated rings. The minimum Gasteiger partial charge on any atom is -0.306 e. The molecule has 0 aliphatic carbocycles. The lowest BCUT2D eigenvalue weighted by Crippen LogP contribution is -2.48. The Balaban J connectivity index is 1.65. The third-order valence-electron chi connectivity index (χ3n) is 2.95. The SMILES string of the molecule is O=C[C@@H]1CC[C@@H](NOCc2ccccc2)CN1. The first-order valence-electron chi connectivity index (χ1n) is 5.98. The van der Waals surface area contributed by atoms with E-state index in [0.29, 0.717) is 6.61 Å². The fourth-order valence-electron chi connectivity index (χ4n) is 1.91. The Bertz CT molecular complexity index is 335. The molecular formula is C13H18N2O2. The highest BCUT2D eigenvalue weighted by Crippen LogP contribution is 2.07. The van der Waals surface area contributed by atoms with Gasteiger partial charge in [-0.15, -0.1) is 0 Å². The van der Waals surface area contributed by atoms with Crippen molar-refractivity contribution in [2.24, 2.45) is 0 Å². The molecule has 2 rings (SSSR count). The Morgan fingerprint density at radius 1 is 1.35 bits per heavy atom. The first-order chi connectivity index (χ1) is 8.38. The van der Waals surface area contributed by atoms with Crippen molar-refractivity contribution in [1.82, 2.24) is 10.8 Å². The van der Waals surface area contributed by atoms with Crippen LogP contribution in [0, 0.1) is 0 Å². The number of rotatable bonds is 5. The lowest BCUT2D eigenvalue weighted by atomic mass is 10.0. The van der Waals surface area contributed by atoms with Gasteiger partial charge in [-0.05, 0) is 18.4 Å². The number of aldehydes is 1. The Hall–Kier alpha value is -1.23. The van der Waals surface area contributed by atoms with Crippen molar-refractivity contribution in [2.45, 2.75) is 31.5 Å². The summed E-state index contributed by atoms with van der Waals surface area (Å²) in [5.74, 6) is 0. The van der Waals surface area contributed by atoms with Crippen molar-refractivity contribution in [2.75, 3.05) is 6.54 Å². The lowest BCUT2D eigenvalue weighted by molar-refractivity contribution is -0.110. The highest BCUT2D eigenvalue weighted by molar-refractivity contribution is 5.57. The smallest absolute Gasteiger partial charge is 0.136 e. The second kappa shape index (κ2) is 6.49. The van der Waals surface area contributed by atoms with Gasteiger partial charge in [-0.3, -0.25) is 4.84 Å². The van der Waals surface area contributed by atoms with Crippen LogP contribution >= 0.6 is 0 Å². The number of hydroxylamine groups is 1. The Morgan fingerprint density at radius 3 is 2.82 bits per heavy atom. The molecule has 0 bridgehead atoms. The third kappa shape index (κ3) is 3.93. The number of hydrogen-bond donors (Lipinski definition) is 2. The standard InChI is InChI=1S/C13H18N2O2/c16-9-13-7-6-12(8-14-13)15-17-10-11-4-2-1-3-5-11/h1-5,9,12-15H,6-8,10H2/t12-,13+/m1/s1. The fourth-order valence-corrected chi connectivity index (χ4v) is 1.91. The molecule has 1 aromatic carbocycles. The highest BCUT2D eigenvalue weighted by atomic mass is 16.6. The quantitative estimate of drug-likeness (QED) is 0.590. The van der Waals surface area contributed by atoms with E-state index in [1.807, 2.05) is 30.3 Å². The number of carbonyl (C=O) groups is 1. The highest BCUT2D eigenvalue weighted by Gasteiger charge is 2.19. The normalized spacial score (nSPS) is 24.5. The van der Waals surface area contributed by atoms with E-state index in [0.717, 1.165) is 31.2 Å². The van der Waals surface area contributed by atoms with Crippen LogP contribution in [-0.4, -0.2) is 24.9 Å². The second-order valence-electron chi connectivity index (χ2n) is 4.32. The zero-order valence-electron chi connectivity index (χ0n) is 9.76. The van der Waals surface area contributed by atoms with Gasteiger partial charge >= 0.3 is 0 Å². The Kier molecular flexibility index (Phi) is 4.67. The van der Waals surface area contributed by atoms with Crippen molar-refractivity contribution < 1.29 is 9.63 Å². The molecule has 1 aromatic rings. The number of carbonyl (C=O) groups excluding carboxylic acids is 1. The van der Waals surface area contributed by atoms with Crippen LogP contribution in [0.3, 0.4) is 0 Å². The van der Waals surface area contributed by atoms with Crippen LogP contribution in [0.15, 0.2) is 30.3 Å². The maximum atomic E-state index is 10.6. The zero-order chi connectivity index (χ0) is 11.9. The third-order valence-corrected chi connectivity index (χ3v) is 2.95. The summed E-state index contributed by atoms with van der Waals surface area (Å²) in [7, 11) is 0. The van der Waals surface area contributed by atoms with E-state index in [4.69, 9.17) is 4.84 Å². The summed E-state index contributed by atoms with van der Waals surface area (Å²) in [6.07, 6.45) is 2.81. The monoisotopic (exact) mass is 234 g/mol. The van der Waals surface area contributed by atoms with E-state index in [1.165, 1.54) is 0 Å². The molecule has 1 aliphatic rings. The first-order valence-corrected chi connectivity index (χ1v) is 5.98.